The molecule has 28 heavy (non-hydrogen) atoms. The molecule has 2 atom stereocenters. The second-order valence-electron chi connectivity index (χ2n) is 7.94. The summed E-state index contributed by atoms with van der Waals surface area (Å²) < 4.78 is 25.0. The summed E-state index contributed by atoms with van der Waals surface area (Å²) in [7, 11) is -3.05. The van der Waals surface area contributed by atoms with E-state index in [0.717, 1.165) is 27.6 Å². The van der Waals surface area contributed by atoms with E-state index in [1.54, 1.807) is 11.3 Å². The van der Waals surface area contributed by atoms with E-state index in [2.05, 4.69) is 11.1 Å². The topological polar surface area (TPSA) is 93.0 Å². The number of H-pyrrole nitrogens is 1. The zero-order chi connectivity index (χ0) is 20.1. The largest absolute Gasteiger partial charge is 0.366 e. The van der Waals surface area contributed by atoms with Gasteiger partial charge in [-0.15, -0.1) is 0 Å². The quantitative estimate of drug-likeness (QED) is 0.663. The molecule has 1 aliphatic heterocycles. The Balaban J connectivity index is 1.83. The molecule has 0 bridgehead atoms. The summed E-state index contributed by atoms with van der Waals surface area (Å²) >= 11 is 1.60. The van der Waals surface area contributed by atoms with E-state index in [4.69, 9.17) is 5.73 Å². The van der Waals surface area contributed by atoms with E-state index in [9.17, 15) is 13.2 Å². The fourth-order valence-electron chi connectivity index (χ4n) is 4.35. The normalized spacial score (nSPS) is 22.0. The number of carbonyl (C=O) groups is 1. The van der Waals surface area contributed by atoms with Crippen molar-refractivity contribution in [1.82, 2.24) is 4.98 Å². The molecule has 0 radical (unpaired) electrons. The molecule has 2 aromatic heterocycles. The molecule has 1 aliphatic rings. The Morgan fingerprint density at radius 3 is 2.71 bits per heavy atom. The zero-order valence-corrected chi connectivity index (χ0v) is 17.6. The summed E-state index contributed by atoms with van der Waals surface area (Å²) in [6.45, 7) is 3.94. The van der Waals surface area contributed by atoms with Crippen molar-refractivity contribution in [3.63, 3.8) is 0 Å². The number of primary amides is 1. The first-order valence-corrected chi connectivity index (χ1v) is 12.1. The Labute approximate surface area is 168 Å². The molecule has 1 fully saturated rings. The molecule has 0 saturated carbocycles. The van der Waals surface area contributed by atoms with E-state index in [0.29, 0.717) is 18.4 Å². The maximum absolute atomic E-state index is 12.5. The van der Waals surface area contributed by atoms with Crippen LogP contribution in [0.2, 0.25) is 0 Å². The highest BCUT2D eigenvalue weighted by Crippen LogP contribution is 2.40. The summed E-state index contributed by atoms with van der Waals surface area (Å²) in [5, 5.41) is 4.68. The van der Waals surface area contributed by atoms with Crippen LogP contribution >= 0.6 is 11.3 Å². The minimum absolute atomic E-state index is 0.0838. The fourth-order valence-corrected chi connectivity index (χ4v) is 7.29. The van der Waals surface area contributed by atoms with Gasteiger partial charge in [0.2, 0.25) is 0 Å². The molecular formula is C21H24N2O3S2. The van der Waals surface area contributed by atoms with Crippen LogP contribution in [0.25, 0.3) is 22.0 Å². The first-order chi connectivity index (χ1) is 13.3. The molecule has 1 amide bonds. The minimum Gasteiger partial charge on any atom is -0.366 e. The van der Waals surface area contributed by atoms with Crippen molar-refractivity contribution in [2.24, 2.45) is 11.7 Å². The van der Waals surface area contributed by atoms with Crippen LogP contribution in [0.15, 0.2) is 35.2 Å². The van der Waals surface area contributed by atoms with E-state index in [-0.39, 0.29) is 22.8 Å². The van der Waals surface area contributed by atoms with Crippen molar-refractivity contribution in [3.05, 3.63) is 46.3 Å². The molecule has 148 valence electrons. The van der Waals surface area contributed by atoms with Gasteiger partial charge in [0.1, 0.15) is 0 Å². The van der Waals surface area contributed by atoms with Crippen LogP contribution < -0.4 is 5.73 Å². The summed E-state index contributed by atoms with van der Waals surface area (Å²) in [5.41, 5.74) is 9.93. The molecule has 3 aromatic rings. The maximum atomic E-state index is 12.5. The summed E-state index contributed by atoms with van der Waals surface area (Å²) in [5.74, 6) is -0.0365. The third-order valence-electron chi connectivity index (χ3n) is 5.85. The van der Waals surface area contributed by atoms with Gasteiger partial charge in [-0.05, 0) is 70.3 Å². The highest BCUT2D eigenvalue weighted by Gasteiger charge is 2.37. The van der Waals surface area contributed by atoms with Gasteiger partial charge in [-0.3, -0.25) is 4.79 Å². The third-order valence-corrected chi connectivity index (χ3v) is 9.00. The summed E-state index contributed by atoms with van der Waals surface area (Å²) in [6, 6.07) is 5.93. The van der Waals surface area contributed by atoms with Crippen molar-refractivity contribution >= 4 is 38.0 Å². The van der Waals surface area contributed by atoms with Gasteiger partial charge in [0.15, 0.2) is 9.84 Å². The van der Waals surface area contributed by atoms with Gasteiger partial charge in [0, 0.05) is 11.6 Å². The number of fused-ring (bicyclic) bond motifs is 1. The number of nitrogens with two attached hydrogens (primary N) is 1. The van der Waals surface area contributed by atoms with Gasteiger partial charge >= 0.3 is 0 Å². The Bertz CT molecular complexity index is 1130. The Kier molecular flexibility index (Phi) is 4.83. The van der Waals surface area contributed by atoms with Crippen LogP contribution in [0.1, 0.15) is 48.5 Å². The molecule has 7 heteroatoms. The third kappa shape index (κ3) is 3.26. The minimum atomic E-state index is -3.05. The van der Waals surface area contributed by atoms with Crippen molar-refractivity contribution in [2.45, 2.75) is 37.9 Å². The van der Waals surface area contributed by atoms with Crippen molar-refractivity contribution < 1.29 is 13.2 Å². The number of rotatable bonds is 4. The van der Waals surface area contributed by atoms with Crippen molar-refractivity contribution in [3.8, 4) is 11.1 Å². The molecule has 0 spiro atoms. The van der Waals surface area contributed by atoms with Crippen LogP contribution in [-0.4, -0.2) is 30.3 Å². The fraction of sp³-hybridized carbons (Fsp3) is 0.381. The van der Waals surface area contributed by atoms with Gasteiger partial charge < -0.3 is 10.7 Å². The number of hydrogen-bond acceptors (Lipinski definition) is 4. The lowest BCUT2D eigenvalue weighted by molar-refractivity contribution is 0.100. The Morgan fingerprint density at radius 1 is 1.29 bits per heavy atom. The first kappa shape index (κ1) is 19.2. The van der Waals surface area contributed by atoms with E-state index < -0.39 is 15.7 Å². The smallest absolute Gasteiger partial charge is 0.250 e. The van der Waals surface area contributed by atoms with E-state index in [1.807, 2.05) is 42.9 Å². The van der Waals surface area contributed by atoms with Crippen LogP contribution in [0, 0.1) is 5.92 Å². The lowest BCUT2D eigenvalue weighted by Crippen LogP contribution is -2.35. The number of aromatic amines is 1. The van der Waals surface area contributed by atoms with Gasteiger partial charge in [0.25, 0.3) is 5.91 Å². The molecule has 1 saturated heterocycles. The Hall–Kier alpha value is -2.12. The number of amides is 1. The zero-order valence-electron chi connectivity index (χ0n) is 15.9. The van der Waals surface area contributed by atoms with Crippen LogP contribution in [0.5, 0.6) is 0 Å². The van der Waals surface area contributed by atoms with Crippen molar-refractivity contribution in [2.75, 3.05) is 5.75 Å². The van der Waals surface area contributed by atoms with Crippen molar-refractivity contribution in [1.29, 1.82) is 0 Å². The molecule has 4 rings (SSSR count). The second kappa shape index (κ2) is 7.04. The van der Waals surface area contributed by atoms with Gasteiger partial charge in [-0.2, -0.15) is 11.3 Å². The second-order valence-corrected chi connectivity index (χ2v) is 11.1. The lowest BCUT2D eigenvalue weighted by atomic mass is 9.87. The highest BCUT2D eigenvalue weighted by molar-refractivity contribution is 7.92. The molecule has 3 N–H and O–H groups in total. The highest BCUT2D eigenvalue weighted by atomic mass is 32.2. The molecule has 5 nitrogen and oxygen atoms in total. The standard InChI is InChI=1S/C21H24N2O3S2/c1-12(2)19-9-13(4-6-28(19,25)26)18-10-23-20-16(18)7-15(8-17(20)21(22)24)14-3-5-27-11-14/h3,5,7-8,10-13,19,23H,4,6,9H2,1-2H3,(H2,22,24)/t13-,19-/m1/s1. The van der Waals surface area contributed by atoms with Crippen LogP contribution in [0.3, 0.4) is 0 Å². The van der Waals surface area contributed by atoms with Gasteiger partial charge in [-0.25, -0.2) is 8.42 Å². The Morgan fingerprint density at radius 2 is 2.07 bits per heavy atom. The number of nitrogens with one attached hydrogen (secondary N) is 1. The van der Waals surface area contributed by atoms with Crippen LogP contribution in [-0.2, 0) is 9.84 Å². The monoisotopic (exact) mass is 416 g/mol. The number of hydrogen-bond donors (Lipinski definition) is 2. The first-order valence-electron chi connectivity index (χ1n) is 9.47. The molecule has 3 heterocycles. The van der Waals surface area contributed by atoms with Gasteiger partial charge in [-0.1, -0.05) is 13.8 Å². The number of thiophene rings is 1. The predicted molar refractivity (Wildman–Crippen MR) is 115 cm³/mol. The molecule has 0 unspecified atom stereocenters. The average Bonchev–Trinajstić information content (AvgIpc) is 3.30. The predicted octanol–water partition coefficient (Wildman–Crippen LogP) is 4.31. The van der Waals surface area contributed by atoms with E-state index >= 15 is 0 Å². The maximum Gasteiger partial charge on any atom is 0.250 e. The number of aromatic nitrogens is 1. The number of sulfone groups is 1. The van der Waals surface area contributed by atoms with Crippen LogP contribution in [0.4, 0.5) is 0 Å². The average molecular weight is 417 g/mol. The summed E-state index contributed by atoms with van der Waals surface area (Å²) in [4.78, 5) is 15.3. The van der Waals surface area contributed by atoms with Gasteiger partial charge in [0.05, 0.1) is 22.1 Å². The number of benzene rings is 1. The summed E-state index contributed by atoms with van der Waals surface area (Å²) in [6.07, 6.45) is 3.14. The SMILES string of the molecule is CC(C)[C@H]1C[C@H](c2c[nH]c3c(C(N)=O)cc(-c4ccsc4)cc23)CCS1(=O)=O. The number of carbonyl (C=O) groups excluding carboxylic acids is 1. The van der Waals surface area contributed by atoms with E-state index in [1.165, 1.54) is 0 Å². The molecular weight excluding hydrogens is 392 g/mol. The lowest BCUT2D eigenvalue weighted by Gasteiger charge is -2.31. The molecule has 1 aromatic carbocycles. The molecule has 0 aliphatic carbocycles.